The van der Waals surface area contributed by atoms with E-state index < -0.39 is 18.2 Å². The zero-order valence-corrected chi connectivity index (χ0v) is 14.9. The van der Waals surface area contributed by atoms with Gasteiger partial charge in [-0.25, -0.2) is 4.79 Å². The lowest BCUT2D eigenvalue weighted by Crippen LogP contribution is -2.37. The molecule has 1 aromatic rings. The number of carbonyl (C=O) groups is 1. The second-order valence-corrected chi connectivity index (χ2v) is 7.47. The Balaban J connectivity index is 1.61. The van der Waals surface area contributed by atoms with E-state index in [1.807, 2.05) is 0 Å². The summed E-state index contributed by atoms with van der Waals surface area (Å²) in [6, 6.07) is 4.63. The van der Waals surface area contributed by atoms with Gasteiger partial charge in [-0.05, 0) is 49.8 Å². The van der Waals surface area contributed by atoms with Gasteiger partial charge in [-0.1, -0.05) is 36.0 Å². The summed E-state index contributed by atoms with van der Waals surface area (Å²) in [5, 5.41) is 11.0. The van der Waals surface area contributed by atoms with Gasteiger partial charge in [-0.3, -0.25) is 0 Å². The minimum absolute atomic E-state index is 0.0299. The summed E-state index contributed by atoms with van der Waals surface area (Å²) in [5.74, 6) is -0.0169. The summed E-state index contributed by atoms with van der Waals surface area (Å²) >= 11 is 11.9. The van der Waals surface area contributed by atoms with Gasteiger partial charge < -0.3 is 14.6 Å². The summed E-state index contributed by atoms with van der Waals surface area (Å²) in [6.07, 6.45) is 5.30. The van der Waals surface area contributed by atoms with Gasteiger partial charge in [0.05, 0.1) is 22.8 Å². The van der Waals surface area contributed by atoms with E-state index in [0.717, 1.165) is 25.7 Å². The molecule has 1 saturated carbocycles. The maximum atomic E-state index is 12.2. The molecule has 0 unspecified atom stereocenters. The summed E-state index contributed by atoms with van der Waals surface area (Å²) in [4.78, 5) is 12.2. The Morgan fingerprint density at radius 2 is 2.00 bits per heavy atom. The number of carbonyl (C=O) groups excluding carboxylic acids is 1. The molecule has 2 fully saturated rings. The lowest BCUT2D eigenvalue weighted by molar-refractivity contribution is -0.107. The summed E-state index contributed by atoms with van der Waals surface area (Å²) in [6.45, 7) is 0.0299. The molecule has 1 aliphatic heterocycles. The lowest BCUT2D eigenvalue weighted by atomic mass is 9.83. The Bertz CT molecular complexity index is 592. The van der Waals surface area contributed by atoms with E-state index in [2.05, 4.69) is 0 Å². The molecule has 24 heavy (non-hydrogen) atoms. The van der Waals surface area contributed by atoms with Crippen molar-refractivity contribution >= 4 is 29.2 Å². The quantitative estimate of drug-likeness (QED) is 0.805. The Labute approximate surface area is 152 Å². The van der Waals surface area contributed by atoms with Crippen molar-refractivity contribution in [2.45, 2.75) is 56.8 Å². The largest absolute Gasteiger partial charge is 0.459 e. The molecule has 0 radical (unpaired) electrons. The zero-order valence-electron chi connectivity index (χ0n) is 13.4. The minimum atomic E-state index is -0.607. The molecular weight excluding hydrogens is 351 g/mol. The number of halogens is 2. The van der Waals surface area contributed by atoms with Crippen LogP contribution in [0.4, 0.5) is 0 Å². The van der Waals surface area contributed by atoms with Crippen molar-refractivity contribution in [1.82, 2.24) is 0 Å². The number of aliphatic hydroxyl groups excluding tert-OH is 1. The molecule has 1 saturated heterocycles. The van der Waals surface area contributed by atoms with Crippen LogP contribution in [-0.2, 0) is 9.47 Å². The fourth-order valence-corrected chi connectivity index (χ4v) is 4.10. The first-order valence-electron chi connectivity index (χ1n) is 8.50. The second kappa shape index (κ2) is 8.05. The molecule has 0 aromatic heterocycles. The number of esters is 1. The number of fused-ring (bicyclic) bond motifs is 1. The molecule has 0 spiro atoms. The topological polar surface area (TPSA) is 55.8 Å². The third-order valence-corrected chi connectivity index (χ3v) is 5.53. The first-order chi connectivity index (χ1) is 11.5. The van der Waals surface area contributed by atoms with E-state index in [0.29, 0.717) is 17.4 Å². The molecule has 0 amide bonds. The first-order valence-corrected chi connectivity index (χ1v) is 9.26. The highest BCUT2D eigenvalue weighted by atomic mass is 35.5. The summed E-state index contributed by atoms with van der Waals surface area (Å²) < 4.78 is 11.4. The van der Waals surface area contributed by atoms with Gasteiger partial charge in [0.25, 0.3) is 0 Å². The summed E-state index contributed by atoms with van der Waals surface area (Å²) in [7, 11) is 0. The van der Waals surface area contributed by atoms with E-state index in [4.69, 9.17) is 32.7 Å². The number of aliphatic hydroxyl groups is 1. The van der Waals surface area contributed by atoms with Gasteiger partial charge in [0, 0.05) is 5.02 Å². The van der Waals surface area contributed by atoms with Crippen molar-refractivity contribution in [3.8, 4) is 0 Å². The normalized spacial score (nSPS) is 30.3. The molecule has 4 atom stereocenters. The van der Waals surface area contributed by atoms with Crippen LogP contribution >= 0.6 is 23.2 Å². The van der Waals surface area contributed by atoms with Gasteiger partial charge in [0.1, 0.15) is 12.7 Å². The number of benzene rings is 1. The molecule has 1 aliphatic carbocycles. The maximum Gasteiger partial charge on any atom is 0.339 e. The van der Waals surface area contributed by atoms with Crippen LogP contribution in [0.3, 0.4) is 0 Å². The van der Waals surface area contributed by atoms with Crippen LogP contribution in [-0.4, -0.2) is 36.0 Å². The summed E-state index contributed by atoms with van der Waals surface area (Å²) in [5.41, 5.74) is 0.264. The van der Waals surface area contributed by atoms with E-state index >= 15 is 0 Å². The van der Waals surface area contributed by atoms with Crippen LogP contribution in [0.5, 0.6) is 0 Å². The Kier molecular flexibility index (Phi) is 6.03. The van der Waals surface area contributed by atoms with Crippen molar-refractivity contribution in [3.63, 3.8) is 0 Å². The highest BCUT2D eigenvalue weighted by molar-refractivity contribution is 6.36. The second-order valence-electron chi connectivity index (χ2n) is 6.62. The van der Waals surface area contributed by atoms with E-state index in [1.165, 1.54) is 18.6 Å². The van der Waals surface area contributed by atoms with Gasteiger partial charge in [-0.15, -0.1) is 0 Å². The predicted octanol–water partition coefficient (Wildman–Crippen LogP) is 4.25. The van der Waals surface area contributed by atoms with Crippen LogP contribution in [0.25, 0.3) is 0 Å². The maximum absolute atomic E-state index is 12.2. The number of hydrogen-bond acceptors (Lipinski definition) is 4. The molecule has 1 aromatic carbocycles. The average molecular weight is 373 g/mol. The Hall–Kier alpha value is -0.810. The van der Waals surface area contributed by atoms with Crippen molar-refractivity contribution < 1.29 is 19.4 Å². The highest BCUT2D eigenvalue weighted by Crippen LogP contribution is 2.35. The molecule has 0 bridgehead atoms. The number of rotatable bonds is 3. The van der Waals surface area contributed by atoms with E-state index in [-0.39, 0.29) is 23.3 Å². The number of hydrogen-bond donors (Lipinski definition) is 1. The van der Waals surface area contributed by atoms with Crippen molar-refractivity contribution in [3.05, 3.63) is 33.8 Å². The molecule has 132 valence electrons. The van der Waals surface area contributed by atoms with Crippen molar-refractivity contribution in [1.29, 1.82) is 0 Å². The standard InChI is InChI=1S/C18H22Cl2O4/c19-12-6-7-13(14(20)9-12)18(22)23-10-17-15(21)8-5-11-3-1-2-4-16(11)24-17/h6-7,9,11,15-17,21H,1-5,8,10H2/t11-,15+,16+,17-/m0/s1. The smallest absolute Gasteiger partial charge is 0.339 e. The van der Waals surface area contributed by atoms with E-state index in [1.54, 1.807) is 6.07 Å². The van der Waals surface area contributed by atoms with Gasteiger partial charge in [0.2, 0.25) is 0 Å². The van der Waals surface area contributed by atoms with Gasteiger partial charge >= 0.3 is 5.97 Å². The fourth-order valence-electron chi connectivity index (χ4n) is 3.61. The Morgan fingerprint density at radius 1 is 1.21 bits per heavy atom. The van der Waals surface area contributed by atoms with Crippen LogP contribution < -0.4 is 0 Å². The third kappa shape index (κ3) is 4.23. The van der Waals surface area contributed by atoms with Crippen molar-refractivity contribution in [2.24, 2.45) is 5.92 Å². The molecule has 4 nitrogen and oxygen atoms in total. The van der Waals surface area contributed by atoms with Gasteiger partial charge in [0.15, 0.2) is 0 Å². The van der Waals surface area contributed by atoms with Crippen LogP contribution in [0.1, 0.15) is 48.9 Å². The lowest BCUT2D eigenvalue weighted by Gasteiger charge is -2.31. The molecule has 2 aliphatic rings. The average Bonchev–Trinajstić information content (AvgIpc) is 2.72. The fraction of sp³-hybridized carbons (Fsp3) is 0.611. The molecule has 1 N–H and O–H groups in total. The number of ether oxygens (including phenoxy) is 2. The molecule has 3 rings (SSSR count). The zero-order chi connectivity index (χ0) is 17.1. The highest BCUT2D eigenvalue weighted by Gasteiger charge is 2.35. The molecule has 6 heteroatoms. The third-order valence-electron chi connectivity index (χ3n) is 4.98. The van der Waals surface area contributed by atoms with Gasteiger partial charge in [-0.2, -0.15) is 0 Å². The van der Waals surface area contributed by atoms with Crippen molar-refractivity contribution in [2.75, 3.05) is 6.61 Å². The minimum Gasteiger partial charge on any atom is -0.459 e. The van der Waals surface area contributed by atoms with E-state index in [9.17, 15) is 9.90 Å². The monoisotopic (exact) mass is 372 g/mol. The Morgan fingerprint density at radius 3 is 2.79 bits per heavy atom. The predicted molar refractivity (Wildman–Crippen MR) is 92.6 cm³/mol. The first kappa shape index (κ1) is 18.0. The van der Waals surface area contributed by atoms with Crippen LogP contribution in [0, 0.1) is 5.92 Å². The van der Waals surface area contributed by atoms with Crippen LogP contribution in [0.15, 0.2) is 18.2 Å². The molecular formula is C18H22Cl2O4. The van der Waals surface area contributed by atoms with Crippen LogP contribution in [0.2, 0.25) is 10.0 Å². The molecule has 1 heterocycles. The SMILES string of the molecule is O=C(OC[C@@H]1O[C@@H]2CCCC[C@H]2CC[C@H]1O)c1ccc(Cl)cc1Cl.